The minimum Gasteiger partial charge on any atom is -0.390 e. The van der Waals surface area contributed by atoms with Gasteiger partial charge in [-0.2, -0.15) is 0 Å². The van der Waals surface area contributed by atoms with Crippen LogP contribution in [0.1, 0.15) is 12.8 Å². The molecular formula is C14H30N4O. The Morgan fingerprint density at radius 1 is 1.11 bits per heavy atom. The van der Waals surface area contributed by atoms with Crippen molar-refractivity contribution in [2.45, 2.75) is 18.9 Å². The summed E-state index contributed by atoms with van der Waals surface area (Å²) in [7, 11) is 2.12. The van der Waals surface area contributed by atoms with Crippen molar-refractivity contribution in [3.8, 4) is 0 Å². The molecule has 2 aliphatic heterocycles. The van der Waals surface area contributed by atoms with E-state index in [9.17, 15) is 5.11 Å². The Kier molecular flexibility index (Phi) is 6.53. The second-order valence-electron chi connectivity index (χ2n) is 6.02. The fourth-order valence-corrected chi connectivity index (χ4v) is 3.02. The highest BCUT2D eigenvalue weighted by atomic mass is 16.3. The van der Waals surface area contributed by atoms with E-state index in [2.05, 4.69) is 27.1 Å². The van der Waals surface area contributed by atoms with Crippen molar-refractivity contribution in [1.82, 2.24) is 20.0 Å². The van der Waals surface area contributed by atoms with Crippen LogP contribution in [0.15, 0.2) is 0 Å². The van der Waals surface area contributed by atoms with E-state index in [1.165, 1.54) is 25.9 Å². The molecule has 19 heavy (non-hydrogen) atoms. The van der Waals surface area contributed by atoms with Crippen LogP contribution in [-0.4, -0.2) is 98.4 Å². The van der Waals surface area contributed by atoms with Crippen LogP contribution in [0.25, 0.3) is 0 Å². The summed E-state index contributed by atoms with van der Waals surface area (Å²) >= 11 is 0. The lowest BCUT2D eigenvalue weighted by Crippen LogP contribution is -2.48. The summed E-state index contributed by atoms with van der Waals surface area (Å²) in [6.45, 7) is 10.6. The lowest BCUT2D eigenvalue weighted by molar-refractivity contribution is 0.0746. The minimum absolute atomic E-state index is 0.221. The van der Waals surface area contributed by atoms with Gasteiger partial charge in [0.2, 0.25) is 0 Å². The summed E-state index contributed by atoms with van der Waals surface area (Å²) in [6.07, 6.45) is 2.49. The van der Waals surface area contributed by atoms with Gasteiger partial charge in [0.05, 0.1) is 6.10 Å². The molecule has 0 aromatic rings. The van der Waals surface area contributed by atoms with Crippen molar-refractivity contribution < 1.29 is 5.11 Å². The molecule has 2 fully saturated rings. The Morgan fingerprint density at radius 3 is 2.47 bits per heavy atom. The topological polar surface area (TPSA) is 42.0 Å². The van der Waals surface area contributed by atoms with E-state index in [4.69, 9.17) is 0 Å². The summed E-state index contributed by atoms with van der Waals surface area (Å²) in [5.41, 5.74) is 0. The van der Waals surface area contributed by atoms with Gasteiger partial charge in [-0.3, -0.25) is 4.90 Å². The molecule has 0 radical (unpaired) electrons. The Hall–Kier alpha value is -0.200. The summed E-state index contributed by atoms with van der Waals surface area (Å²) in [6, 6.07) is 0. The summed E-state index contributed by atoms with van der Waals surface area (Å²) in [5.74, 6) is 0. The van der Waals surface area contributed by atoms with E-state index in [-0.39, 0.29) is 6.10 Å². The first-order valence-electron chi connectivity index (χ1n) is 7.76. The minimum atomic E-state index is -0.221. The lowest BCUT2D eigenvalue weighted by Gasteiger charge is -2.30. The number of rotatable bonds is 7. The van der Waals surface area contributed by atoms with Gasteiger partial charge in [-0.15, -0.1) is 0 Å². The average molecular weight is 270 g/mol. The second kappa shape index (κ2) is 8.17. The molecule has 0 bridgehead atoms. The summed E-state index contributed by atoms with van der Waals surface area (Å²) in [4.78, 5) is 7.15. The molecule has 2 aliphatic rings. The molecule has 112 valence electrons. The van der Waals surface area contributed by atoms with Crippen LogP contribution < -0.4 is 5.32 Å². The van der Waals surface area contributed by atoms with E-state index in [0.717, 1.165) is 52.4 Å². The van der Waals surface area contributed by atoms with Crippen molar-refractivity contribution in [1.29, 1.82) is 0 Å². The predicted octanol–water partition coefficient (Wildman–Crippen LogP) is -0.720. The number of likely N-dealkylation sites (N-methyl/N-ethyl adjacent to an activating group) is 1. The Balaban J connectivity index is 1.56. The van der Waals surface area contributed by atoms with E-state index >= 15 is 0 Å². The highest BCUT2D eigenvalue weighted by Crippen LogP contribution is 2.06. The molecule has 5 heteroatoms. The zero-order valence-electron chi connectivity index (χ0n) is 12.4. The Labute approximate surface area is 117 Å². The van der Waals surface area contributed by atoms with Crippen LogP contribution in [0.4, 0.5) is 0 Å². The van der Waals surface area contributed by atoms with E-state index < -0.39 is 0 Å². The number of aliphatic hydroxyl groups excluding tert-OH is 1. The molecule has 0 spiro atoms. The van der Waals surface area contributed by atoms with Crippen molar-refractivity contribution in [3.63, 3.8) is 0 Å². The van der Waals surface area contributed by atoms with Gasteiger partial charge < -0.3 is 20.2 Å². The molecule has 0 aromatic carbocycles. The average Bonchev–Trinajstić information content (AvgIpc) is 2.90. The maximum Gasteiger partial charge on any atom is 0.0793 e. The third-order valence-electron chi connectivity index (χ3n) is 4.20. The highest BCUT2D eigenvalue weighted by molar-refractivity contribution is 4.73. The Morgan fingerprint density at radius 2 is 1.79 bits per heavy atom. The maximum atomic E-state index is 10.1. The van der Waals surface area contributed by atoms with Crippen molar-refractivity contribution >= 4 is 0 Å². The number of nitrogens with one attached hydrogen (secondary N) is 1. The monoisotopic (exact) mass is 270 g/mol. The molecule has 1 unspecified atom stereocenters. The van der Waals surface area contributed by atoms with Gasteiger partial charge in [0.15, 0.2) is 0 Å². The largest absolute Gasteiger partial charge is 0.390 e. The first-order valence-corrected chi connectivity index (χ1v) is 7.76. The predicted molar refractivity (Wildman–Crippen MR) is 78.5 cm³/mol. The first kappa shape index (κ1) is 15.2. The molecule has 2 N–H and O–H groups in total. The van der Waals surface area contributed by atoms with Gasteiger partial charge in [-0.25, -0.2) is 0 Å². The number of hydrogen-bond donors (Lipinski definition) is 2. The number of likely N-dealkylation sites (tertiary alicyclic amines) is 1. The molecule has 0 amide bonds. The van der Waals surface area contributed by atoms with E-state index in [0.29, 0.717) is 0 Å². The van der Waals surface area contributed by atoms with Crippen molar-refractivity contribution in [3.05, 3.63) is 0 Å². The van der Waals surface area contributed by atoms with Gasteiger partial charge in [0.1, 0.15) is 0 Å². The summed E-state index contributed by atoms with van der Waals surface area (Å²) < 4.78 is 0. The summed E-state index contributed by atoms with van der Waals surface area (Å²) in [5, 5.41) is 13.5. The normalized spacial score (nSPS) is 24.2. The lowest BCUT2D eigenvalue weighted by atomic mass is 10.2. The quantitative estimate of drug-likeness (QED) is 0.639. The van der Waals surface area contributed by atoms with Crippen molar-refractivity contribution in [2.75, 3.05) is 72.5 Å². The fraction of sp³-hybridized carbons (Fsp3) is 1.00. The molecular weight excluding hydrogens is 240 g/mol. The van der Waals surface area contributed by atoms with E-state index in [1.807, 2.05) is 0 Å². The molecule has 1 atom stereocenters. The molecule has 0 aliphatic carbocycles. The van der Waals surface area contributed by atoms with Crippen molar-refractivity contribution in [2.24, 2.45) is 0 Å². The van der Waals surface area contributed by atoms with E-state index in [1.54, 1.807) is 0 Å². The third kappa shape index (κ3) is 5.75. The van der Waals surface area contributed by atoms with Crippen LogP contribution >= 0.6 is 0 Å². The smallest absolute Gasteiger partial charge is 0.0793 e. The zero-order chi connectivity index (χ0) is 13.5. The molecule has 2 rings (SSSR count). The second-order valence-corrected chi connectivity index (χ2v) is 6.02. The number of piperazine rings is 1. The van der Waals surface area contributed by atoms with Gasteiger partial charge in [-0.1, -0.05) is 0 Å². The van der Waals surface area contributed by atoms with Gasteiger partial charge in [-0.05, 0) is 33.0 Å². The highest BCUT2D eigenvalue weighted by Gasteiger charge is 2.16. The standard InChI is InChI=1S/C14H30N4O/c1-16(10-11-17-6-2-3-7-17)12-14(19)13-18-8-4-15-5-9-18/h14-15,19H,2-13H2,1H3. The maximum absolute atomic E-state index is 10.1. The molecule has 2 saturated heterocycles. The van der Waals surface area contributed by atoms with Crippen LogP contribution in [0.3, 0.4) is 0 Å². The Bertz CT molecular complexity index is 240. The van der Waals surface area contributed by atoms with Gasteiger partial charge in [0, 0.05) is 52.4 Å². The van der Waals surface area contributed by atoms with Crippen LogP contribution in [0, 0.1) is 0 Å². The number of β-amino-alcohol motifs (C(OH)–C–C–N with tert-alkyl or cyclic N) is 1. The van der Waals surface area contributed by atoms with Gasteiger partial charge in [0.25, 0.3) is 0 Å². The molecule has 2 heterocycles. The number of aliphatic hydroxyl groups is 1. The van der Waals surface area contributed by atoms with Crippen LogP contribution in [-0.2, 0) is 0 Å². The third-order valence-corrected chi connectivity index (χ3v) is 4.20. The van der Waals surface area contributed by atoms with Crippen LogP contribution in [0.5, 0.6) is 0 Å². The fourth-order valence-electron chi connectivity index (χ4n) is 3.02. The molecule has 5 nitrogen and oxygen atoms in total. The first-order chi connectivity index (χ1) is 9.24. The molecule has 0 saturated carbocycles. The number of nitrogens with zero attached hydrogens (tertiary/aromatic N) is 3. The van der Waals surface area contributed by atoms with Gasteiger partial charge >= 0.3 is 0 Å². The number of hydrogen-bond acceptors (Lipinski definition) is 5. The molecule has 0 aromatic heterocycles. The SMILES string of the molecule is CN(CCN1CCCC1)CC(O)CN1CCNCC1. The zero-order valence-corrected chi connectivity index (χ0v) is 12.4. The van der Waals surface area contributed by atoms with Crippen LogP contribution in [0.2, 0.25) is 0 Å².